The van der Waals surface area contributed by atoms with Crippen molar-refractivity contribution in [3.63, 3.8) is 0 Å². The van der Waals surface area contributed by atoms with Crippen molar-refractivity contribution in [1.82, 2.24) is 0 Å². The molecule has 0 unspecified atom stereocenters. The molecule has 0 N–H and O–H groups in total. The van der Waals surface area contributed by atoms with Gasteiger partial charge >= 0.3 is 18.6 Å². The third-order valence-electron chi connectivity index (χ3n) is 0.236. The minimum Gasteiger partial charge on any atom is -0.245 e. The van der Waals surface area contributed by atoms with Gasteiger partial charge in [0.2, 0.25) is 0 Å². The molecule has 0 aromatic rings. The standard InChI is InChI=1S/C4H7.V/c1-3-4-2;/h3-4H,1H2,2H3;/q-1;+2/b4-3+;. The summed E-state index contributed by atoms with van der Waals surface area (Å²) in [5.74, 6) is 0. The van der Waals surface area contributed by atoms with Gasteiger partial charge in [0.05, 0.1) is 0 Å². The third kappa shape index (κ3) is 14.2. The summed E-state index contributed by atoms with van der Waals surface area (Å²) in [5.41, 5.74) is 0. The van der Waals surface area contributed by atoms with E-state index in [0.717, 1.165) is 0 Å². The van der Waals surface area contributed by atoms with E-state index in [1.54, 1.807) is 6.08 Å². The zero-order chi connectivity index (χ0) is 3.41. The summed E-state index contributed by atoms with van der Waals surface area (Å²) in [5, 5.41) is 0. The zero-order valence-corrected chi connectivity index (χ0v) is 4.71. The Hall–Kier alpha value is 0.194. The molecule has 1 radical (unpaired) electrons. The first-order valence-corrected chi connectivity index (χ1v) is 1.32. The van der Waals surface area contributed by atoms with Crippen LogP contribution in [0.2, 0.25) is 0 Å². The molecule has 27 valence electrons. The molecule has 0 nitrogen and oxygen atoms in total. The van der Waals surface area contributed by atoms with Crippen LogP contribution in [-0.2, 0) is 18.6 Å². The Balaban J connectivity index is 0. The summed E-state index contributed by atoms with van der Waals surface area (Å²) in [4.78, 5) is 0. The van der Waals surface area contributed by atoms with Crippen LogP contribution in [0.5, 0.6) is 0 Å². The fraction of sp³-hybridized carbons (Fsp3) is 0.250. The topological polar surface area (TPSA) is 0 Å². The van der Waals surface area contributed by atoms with Gasteiger partial charge in [0.25, 0.3) is 0 Å². The van der Waals surface area contributed by atoms with Crippen molar-refractivity contribution in [2.45, 2.75) is 6.92 Å². The van der Waals surface area contributed by atoms with E-state index in [2.05, 4.69) is 6.92 Å². The zero-order valence-electron chi connectivity index (χ0n) is 3.31. The van der Waals surface area contributed by atoms with Gasteiger partial charge in [-0.25, -0.2) is 19.1 Å². The Morgan fingerprint density at radius 1 is 1.60 bits per heavy atom. The van der Waals surface area contributed by atoms with Gasteiger partial charge in [-0.15, -0.1) is 6.92 Å². The molecule has 0 saturated carbocycles. The van der Waals surface area contributed by atoms with Gasteiger partial charge in [-0.3, -0.25) is 0 Å². The summed E-state index contributed by atoms with van der Waals surface area (Å²) in [6.07, 6.45) is 3.64. The predicted molar refractivity (Wildman–Crippen MR) is 20.2 cm³/mol. The van der Waals surface area contributed by atoms with Gasteiger partial charge in [0, 0.05) is 0 Å². The maximum Gasteiger partial charge on any atom is 2.00 e. The van der Waals surface area contributed by atoms with Gasteiger partial charge in [-0.05, 0) is 0 Å². The van der Waals surface area contributed by atoms with Crippen LogP contribution < -0.4 is 0 Å². The van der Waals surface area contributed by atoms with E-state index in [1.807, 2.05) is 13.0 Å². The molecule has 0 rings (SSSR count). The summed E-state index contributed by atoms with van der Waals surface area (Å²) in [6, 6.07) is 0. The predicted octanol–water partition coefficient (Wildman–Crippen LogP) is 1.39. The van der Waals surface area contributed by atoms with Crippen molar-refractivity contribution >= 4 is 0 Å². The van der Waals surface area contributed by atoms with Crippen LogP contribution in [0, 0.1) is 6.92 Å². The van der Waals surface area contributed by atoms with Crippen molar-refractivity contribution in [1.29, 1.82) is 0 Å². The maximum absolute atomic E-state index is 3.42. The SMILES string of the molecule is [CH2-]/C=C/C.[V+2]. The second-order valence-electron chi connectivity index (χ2n) is 0.569. The van der Waals surface area contributed by atoms with E-state index in [9.17, 15) is 0 Å². The summed E-state index contributed by atoms with van der Waals surface area (Å²) < 4.78 is 0. The van der Waals surface area contributed by atoms with E-state index in [-0.39, 0.29) is 18.6 Å². The van der Waals surface area contributed by atoms with Gasteiger partial charge in [-0.1, -0.05) is 0 Å². The fourth-order valence-corrected chi connectivity index (χ4v) is 0. The molecule has 0 aliphatic rings. The number of allylic oxidation sites excluding steroid dienone is 2. The molecule has 0 bridgehead atoms. The van der Waals surface area contributed by atoms with Crippen LogP contribution in [0.25, 0.3) is 0 Å². The monoisotopic (exact) mass is 106 g/mol. The minimum absolute atomic E-state index is 0. The molecule has 0 atom stereocenters. The Morgan fingerprint density at radius 2 is 1.80 bits per heavy atom. The van der Waals surface area contributed by atoms with Gasteiger partial charge in [0.15, 0.2) is 0 Å². The quantitative estimate of drug-likeness (QED) is 0.409. The first-order valence-electron chi connectivity index (χ1n) is 1.32. The van der Waals surface area contributed by atoms with Crippen molar-refractivity contribution in [3.8, 4) is 0 Å². The first-order chi connectivity index (χ1) is 1.91. The molecule has 0 amide bonds. The van der Waals surface area contributed by atoms with Crippen LogP contribution in [-0.4, -0.2) is 0 Å². The van der Waals surface area contributed by atoms with Crippen LogP contribution in [0.4, 0.5) is 0 Å². The molecule has 0 aliphatic heterocycles. The number of hydrogen-bond acceptors (Lipinski definition) is 0. The van der Waals surface area contributed by atoms with Crippen LogP contribution in [0.3, 0.4) is 0 Å². The van der Waals surface area contributed by atoms with Crippen LogP contribution >= 0.6 is 0 Å². The summed E-state index contributed by atoms with van der Waals surface area (Å²) in [7, 11) is 0. The molecule has 5 heavy (non-hydrogen) atoms. The average Bonchev–Trinajstić information content (AvgIpc) is 1.37. The van der Waals surface area contributed by atoms with Crippen LogP contribution in [0.1, 0.15) is 6.92 Å². The molecule has 0 saturated heterocycles. The third-order valence-corrected chi connectivity index (χ3v) is 0.236. The van der Waals surface area contributed by atoms with E-state index < -0.39 is 0 Å². The summed E-state index contributed by atoms with van der Waals surface area (Å²) >= 11 is 0. The normalized spacial score (nSPS) is 7.40. The molecule has 0 aliphatic carbocycles. The number of hydrogen-bond donors (Lipinski definition) is 0. The molecule has 0 aromatic carbocycles. The van der Waals surface area contributed by atoms with E-state index >= 15 is 0 Å². The average molecular weight is 106 g/mol. The van der Waals surface area contributed by atoms with E-state index in [1.165, 1.54) is 0 Å². The minimum atomic E-state index is 0. The Kier molecular flexibility index (Phi) is 15.9. The van der Waals surface area contributed by atoms with Crippen molar-refractivity contribution < 1.29 is 18.6 Å². The first kappa shape index (κ1) is 8.96. The van der Waals surface area contributed by atoms with Crippen LogP contribution in [0.15, 0.2) is 12.2 Å². The van der Waals surface area contributed by atoms with Crippen molar-refractivity contribution in [2.75, 3.05) is 0 Å². The number of rotatable bonds is 0. The largest absolute Gasteiger partial charge is 2.00 e. The molecule has 0 spiro atoms. The maximum atomic E-state index is 3.42. The van der Waals surface area contributed by atoms with Gasteiger partial charge in [0.1, 0.15) is 0 Å². The Bertz CT molecular complexity index is 18.8. The second-order valence-corrected chi connectivity index (χ2v) is 0.569. The molecular formula is C4H7V+. The van der Waals surface area contributed by atoms with E-state index in [4.69, 9.17) is 0 Å². The molecular weight excluding hydrogens is 99.0 g/mol. The molecule has 1 heteroatoms. The fourth-order valence-electron chi connectivity index (χ4n) is 0. The molecule has 0 aromatic heterocycles. The smallest absolute Gasteiger partial charge is 0.245 e. The Morgan fingerprint density at radius 3 is 1.80 bits per heavy atom. The van der Waals surface area contributed by atoms with Crippen molar-refractivity contribution in [2.24, 2.45) is 0 Å². The van der Waals surface area contributed by atoms with Crippen molar-refractivity contribution in [3.05, 3.63) is 19.1 Å². The summed E-state index contributed by atoms with van der Waals surface area (Å²) in [6.45, 7) is 5.36. The van der Waals surface area contributed by atoms with E-state index in [0.29, 0.717) is 0 Å². The van der Waals surface area contributed by atoms with Gasteiger partial charge < -0.3 is 0 Å². The molecule has 0 fully saturated rings. The second kappa shape index (κ2) is 8.89. The van der Waals surface area contributed by atoms with Gasteiger partial charge in [-0.2, -0.15) is 0 Å². The Labute approximate surface area is 45.2 Å². The molecule has 0 heterocycles.